The number of nitrogens with two attached hydrogens (primary N) is 1. The van der Waals surface area contributed by atoms with Crippen molar-refractivity contribution in [2.45, 2.75) is 11.8 Å². The number of hydrogen-bond donors (Lipinski definition) is 3. The number of aliphatic hydroxyl groups is 1. The van der Waals surface area contributed by atoms with E-state index in [1.165, 1.54) is 31.4 Å². The van der Waals surface area contributed by atoms with Gasteiger partial charge in [-0.05, 0) is 12.1 Å². The van der Waals surface area contributed by atoms with Crippen molar-refractivity contribution in [1.29, 1.82) is 0 Å². The lowest BCUT2D eigenvalue weighted by Gasteiger charge is -2.28. The first-order valence-corrected chi connectivity index (χ1v) is 7.16. The third kappa shape index (κ3) is 3.14. The Hall–Kier alpha value is -3.28. The zero-order chi connectivity index (χ0) is 20.6. The number of ether oxygens (including phenoxy) is 2. The summed E-state index contributed by atoms with van der Waals surface area (Å²) in [4.78, 5) is 37.5. The van der Waals surface area contributed by atoms with Gasteiger partial charge in [-0.15, -0.1) is 0 Å². The van der Waals surface area contributed by atoms with Gasteiger partial charge in [-0.1, -0.05) is 6.07 Å². The van der Waals surface area contributed by atoms with Crippen LogP contribution in [0.25, 0.3) is 5.69 Å². The second-order valence-corrected chi connectivity index (χ2v) is 5.26. The summed E-state index contributed by atoms with van der Waals surface area (Å²) in [5, 5.41) is 10.1. The number of benzene rings is 1. The molecule has 1 aromatic carbocycles. The number of hydrogen-bond acceptors (Lipinski definition) is 7. The van der Waals surface area contributed by atoms with Crippen LogP contribution >= 0.6 is 0 Å². The molecule has 0 radical (unpaired) electrons. The summed E-state index contributed by atoms with van der Waals surface area (Å²) >= 11 is 0. The Morgan fingerprint density at radius 3 is 2.41 bits per heavy atom. The van der Waals surface area contributed by atoms with E-state index in [0.29, 0.717) is 11.7 Å². The summed E-state index contributed by atoms with van der Waals surface area (Å²) in [5.41, 5.74) is -3.33. The van der Waals surface area contributed by atoms with Gasteiger partial charge in [-0.25, -0.2) is 14.2 Å². The third-order valence-corrected chi connectivity index (χ3v) is 3.71. The van der Waals surface area contributed by atoms with Crippen molar-refractivity contribution in [2.75, 3.05) is 20.0 Å². The number of anilines is 1. The van der Waals surface area contributed by atoms with Crippen LogP contribution < -0.4 is 21.7 Å². The maximum Gasteiger partial charge on any atom is 0.432 e. The van der Waals surface area contributed by atoms with Crippen LogP contribution in [0.15, 0.2) is 33.9 Å². The molecule has 9 nitrogen and oxygen atoms in total. The molecule has 0 saturated heterocycles. The Balaban J connectivity index is 2.93. The number of methoxy groups -OCH3 is 2. The molecular formula is C15H14F3N3O6. The number of carbonyl (C=O) groups excluding carboxylic acids is 1. The number of rotatable bonds is 4. The van der Waals surface area contributed by atoms with E-state index in [9.17, 15) is 32.7 Å². The van der Waals surface area contributed by atoms with E-state index in [1.54, 1.807) is 4.98 Å². The van der Waals surface area contributed by atoms with E-state index >= 15 is 0 Å². The number of H-pyrrole nitrogens is 1. The van der Waals surface area contributed by atoms with E-state index in [-0.39, 0.29) is 11.4 Å². The summed E-state index contributed by atoms with van der Waals surface area (Å²) in [7, 11) is 1.89. The number of esters is 1. The van der Waals surface area contributed by atoms with Crippen molar-refractivity contribution in [3.63, 3.8) is 0 Å². The predicted molar refractivity (Wildman–Crippen MR) is 85.6 cm³/mol. The molecule has 0 aliphatic heterocycles. The van der Waals surface area contributed by atoms with Crippen LogP contribution in [0.2, 0.25) is 0 Å². The fourth-order valence-corrected chi connectivity index (χ4v) is 2.42. The van der Waals surface area contributed by atoms with Gasteiger partial charge >= 0.3 is 17.8 Å². The molecule has 0 aliphatic carbocycles. The standard InChI is InChI=1S/C15H14F3N3O6/c1-26-8-5-3-4-7(6-8)21-10(19)9(11(22)20-13(21)24)14(25,12(23)27-2)15(16,17)18/h3-6,25H,19H2,1-2H3,(H,20,22,24). The lowest BCUT2D eigenvalue weighted by atomic mass is 9.94. The molecule has 0 amide bonds. The Morgan fingerprint density at radius 2 is 1.89 bits per heavy atom. The highest BCUT2D eigenvalue weighted by Crippen LogP contribution is 2.40. The van der Waals surface area contributed by atoms with E-state index in [4.69, 9.17) is 10.5 Å². The van der Waals surface area contributed by atoms with Crippen LogP contribution in [0.3, 0.4) is 0 Å². The molecule has 0 fully saturated rings. The van der Waals surface area contributed by atoms with Crippen molar-refractivity contribution in [3.8, 4) is 11.4 Å². The smallest absolute Gasteiger partial charge is 0.432 e. The van der Waals surface area contributed by atoms with E-state index in [0.717, 1.165) is 0 Å². The monoisotopic (exact) mass is 389 g/mol. The summed E-state index contributed by atoms with van der Waals surface area (Å²) < 4.78 is 49.9. The van der Waals surface area contributed by atoms with Gasteiger partial charge in [0.1, 0.15) is 17.1 Å². The van der Waals surface area contributed by atoms with Crippen molar-refractivity contribution in [1.82, 2.24) is 9.55 Å². The van der Waals surface area contributed by atoms with Gasteiger partial charge in [0.2, 0.25) is 0 Å². The van der Waals surface area contributed by atoms with Crippen molar-refractivity contribution in [3.05, 3.63) is 50.7 Å². The topological polar surface area (TPSA) is 137 Å². The number of nitrogens with zero attached hydrogens (tertiary/aromatic N) is 1. The Bertz CT molecular complexity index is 998. The number of aromatic amines is 1. The number of nitrogens with one attached hydrogen (secondary N) is 1. The molecule has 2 rings (SSSR count). The normalized spacial score (nSPS) is 13.7. The Morgan fingerprint density at radius 1 is 1.26 bits per heavy atom. The van der Waals surface area contributed by atoms with Crippen LogP contribution in [0.1, 0.15) is 5.56 Å². The minimum Gasteiger partial charge on any atom is -0.497 e. The fourth-order valence-electron chi connectivity index (χ4n) is 2.42. The summed E-state index contributed by atoms with van der Waals surface area (Å²) in [5.74, 6) is -3.06. The second-order valence-electron chi connectivity index (χ2n) is 5.26. The minimum atomic E-state index is -5.67. The van der Waals surface area contributed by atoms with Gasteiger partial charge in [0, 0.05) is 6.07 Å². The highest BCUT2D eigenvalue weighted by atomic mass is 19.4. The van der Waals surface area contributed by atoms with Gasteiger partial charge in [-0.2, -0.15) is 13.2 Å². The first-order valence-electron chi connectivity index (χ1n) is 7.16. The maximum absolute atomic E-state index is 13.5. The van der Waals surface area contributed by atoms with Gasteiger partial charge in [0.25, 0.3) is 11.2 Å². The average Bonchev–Trinajstić information content (AvgIpc) is 2.59. The molecule has 1 aromatic heterocycles. The number of carbonyl (C=O) groups is 1. The summed E-state index contributed by atoms with van der Waals surface area (Å²) in [6, 6.07) is 5.41. The molecule has 2 aromatic rings. The van der Waals surface area contributed by atoms with Crippen LogP contribution in [0.5, 0.6) is 5.75 Å². The third-order valence-electron chi connectivity index (χ3n) is 3.71. The zero-order valence-corrected chi connectivity index (χ0v) is 14.0. The van der Waals surface area contributed by atoms with Gasteiger partial charge in [0.05, 0.1) is 19.9 Å². The number of nitrogen functional groups attached to an aromatic ring is 1. The SMILES string of the molecule is COC(=O)C(O)(c1c(N)n(-c2cccc(OC)c2)c(=O)[nH]c1=O)C(F)(F)F. The van der Waals surface area contributed by atoms with E-state index in [2.05, 4.69) is 4.74 Å². The minimum absolute atomic E-state index is 0.0799. The maximum atomic E-state index is 13.5. The van der Waals surface area contributed by atoms with Crippen LogP contribution in [-0.4, -0.2) is 41.0 Å². The van der Waals surface area contributed by atoms with Crippen LogP contribution in [0.4, 0.5) is 19.0 Å². The fraction of sp³-hybridized carbons (Fsp3) is 0.267. The first-order chi connectivity index (χ1) is 12.5. The molecule has 0 bridgehead atoms. The molecule has 146 valence electrons. The zero-order valence-electron chi connectivity index (χ0n) is 14.0. The first kappa shape index (κ1) is 20.0. The molecule has 27 heavy (non-hydrogen) atoms. The van der Waals surface area contributed by atoms with Crippen LogP contribution in [-0.2, 0) is 15.1 Å². The Kier molecular flexibility index (Phi) is 5.04. The number of aromatic nitrogens is 2. The summed E-state index contributed by atoms with van der Waals surface area (Å²) in [6.45, 7) is 0. The van der Waals surface area contributed by atoms with Crippen LogP contribution in [0, 0.1) is 0 Å². The molecule has 0 spiro atoms. The number of halogens is 3. The molecule has 0 aliphatic rings. The average molecular weight is 389 g/mol. The van der Waals surface area contributed by atoms with Crippen molar-refractivity contribution in [2.24, 2.45) is 0 Å². The molecule has 1 atom stereocenters. The highest BCUT2D eigenvalue weighted by molar-refractivity contribution is 5.83. The molecule has 0 saturated carbocycles. The molecule has 12 heteroatoms. The van der Waals surface area contributed by atoms with E-state index in [1.807, 2.05) is 0 Å². The number of alkyl halides is 3. The molecular weight excluding hydrogens is 375 g/mol. The Labute approximate surface area is 148 Å². The van der Waals surface area contributed by atoms with Gasteiger partial charge in [-0.3, -0.25) is 9.78 Å². The highest BCUT2D eigenvalue weighted by Gasteiger charge is 2.64. The lowest BCUT2D eigenvalue weighted by Crippen LogP contribution is -2.54. The lowest BCUT2D eigenvalue weighted by molar-refractivity contribution is -0.267. The molecule has 1 heterocycles. The van der Waals surface area contributed by atoms with Gasteiger partial charge < -0.3 is 20.3 Å². The van der Waals surface area contributed by atoms with Crippen molar-refractivity contribution < 1.29 is 32.5 Å². The largest absolute Gasteiger partial charge is 0.497 e. The predicted octanol–water partition coefficient (Wildman–Crippen LogP) is 0.0395. The van der Waals surface area contributed by atoms with Crippen molar-refractivity contribution >= 4 is 11.8 Å². The second kappa shape index (κ2) is 6.79. The van der Waals surface area contributed by atoms with Gasteiger partial charge in [0.15, 0.2) is 0 Å². The summed E-state index contributed by atoms with van der Waals surface area (Å²) in [6.07, 6.45) is -5.67. The van der Waals surface area contributed by atoms with E-state index < -0.39 is 40.4 Å². The molecule has 1 unspecified atom stereocenters. The quantitative estimate of drug-likeness (QED) is 0.628. The molecule has 4 N–H and O–H groups in total.